The molecule has 10 heteroatoms. The van der Waals surface area contributed by atoms with Crippen LogP contribution in [-0.4, -0.2) is 43.1 Å². The van der Waals surface area contributed by atoms with Crippen molar-refractivity contribution in [1.29, 1.82) is 0 Å². The van der Waals surface area contributed by atoms with Crippen LogP contribution in [0.15, 0.2) is 48.5 Å². The van der Waals surface area contributed by atoms with Gasteiger partial charge in [0, 0.05) is 11.1 Å². The van der Waals surface area contributed by atoms with Crippen molar-refractivity contribution in [2.24, 2.45) is 35.5 Å². The number of aromatic nitrogens is 4. The Hall–Kier alpha value is -6.16. The number of hydrogen-bond acceptors (Lipinski definition) is 10. The normalized spacial score (nSPS) is 17.5. The molecule has 6 atom stereocenters. The van der Waals surface area contributed by atoms with Gasteiger partial charge in [0.1, 0.15) is 45.3 Å². The summed E-state index contributed by atoms with van der Waals surface area (Å²) >= 11 is 0. The Balaban J connectivity index is 1.12. The number of aryl methyl sites for hydroxylation is 4. The Morgan fingerprint density at radius 3 is 0.957 bits per heavy atom. The molecule has 0 aliphatic carbocycles. The molecule has 3 heterocycles. The molecule has 0 N–H and O–H groups in total. The third kappa shape index (κ3) is 19.5. The number of rotatable bonds is 28. The quantitative estimate of drug-likeness (QED) is 0.0353. The van der Waals surface area contributed by atoms with E-state index < -0.39 is 11.9 Å². The molecule has 1 aromatic heterocycles. The minimum absolute atomic E-state index is 0.219. The predicted octanol–water partition coefficient (Wildman–Crippen LogP) is 22.4. The number of carbonyl (C=O) groups is 2. The lowest BCUT2D eigenvalue weighted by Crippen LogP contribution is -2.37. The second kappa shape index (κ2) is 33.3. The maximum Gasteiger partial charge on any atom is 0.347 e. The van der Waals surface area contributed by atoms with Gasteiger partial charge in [-0.1, -0.05) is 170 Å². The molecule has 4 aromatic carbocycles. The summed E-state index contributed by atoms with van der Waals surface area (Å²) in [5.74, 6) is 6.36. The Labute approximate surface area is 556 Å². The Morgan fingerprint density at radius 1 is 0.402 bits per heavy atom. The van der Waals surface area contributed by atoms with Crippen LogP contribution in [0.4, 0.5) is 0 Å². The Bertz CT molecular complexity index is 3210. The first-order chi connectivity index (χ1) is 43.6. The molecular weight excluding hydrogens is 1140 g/mol. The summed E-state index contributed by atoms with van der Waals surface area (Å²) < 4.78 is 27.2. The smallest absolute Gasteiger partial charge is 0.347 e. The highest BCUT2D eigenvalue weighted by molar-refractivity contribution is 5.95. The average Bonchev–Trinajstić information content (AvgIpc) is 0.769. The molecule has 0 spiro atoms. The van der Waals surface area contributed by atoms with E-state index in [-0.39, 0.29) is 22.3 Å². The molecule has 2 aliphatic rings. The molecule has 0 amide bonds. The molecule has 0 saturated heterocycles. The van der Waals surface area contributed by atoms with E-state index in [1.54, 1.807) is 27.7 Å². The topological polar surface area (TPSA) is 123 Å². The first kappa shape index (κ1) is 73.3. The fourth-order valence-corrected chi connectivity index (χ4v) is 14.5. The molecular formula is C82H118N4O6. The molecule has 10 nitrogen and oxygen atoms in total. The average molecular weight is 1260 g/mol. The number of benzene rings is 4. The van der Waals surface area contributed by atoms with Crippen molar-refractivity contribution in [2.45, 2.75) is 291 Å². The number of hydrogen-bond donors (Lipinski definition) is 0. The zero-order chi connectivity index (χ0) is 67.2. The van der Waals surface area contributed by atoms with Crippen molar-refractivity contribution in [1.82, 2.24) is 19.9 Å². The summed E-state index contributed by atoms with van der Waals surface area (Å²) in [5.41, 5.74) is 11.1. The highest BCUT2D eigenvalue weighted by Gasteiger charge is 2.37. The van der Waals surface area contributed by atoms with E-state index in [1.165, 1.54) is 89.9 Å². The molecule has 7 rings (SSSR count). The van der Waals surface area contributed by atoms with Crippen molar-refractivity contribution in [3.05, 3.63) is 127 Å². The van der Waals surface area contributed by atoms with Crippen LogP contribution in [0.2, 0.25) is 0 Å². The molecule has 6 unspecified atom stereocenters. The summed E-state index contributed by atoms with van der Waals surface area (Å²) in [4.78, 5) is 50.7. The fourth-order valence-electron chi connectivity index (χ4n) is 14.5. The number of fused-ring (bicyclic) bond motifs is 4. The van der Waals surface area contributed by atoms with Crippen LogP contribution in [0, 0.1) is 105 Å². The summed E-state index contributed by atoms with van der Waals surface area (Å²) in [7, 11) is 0. The summed E-state index contributed by atoms with van der Waals surface area (Å²) in [6, 6.07) is 15.0. The number of nitrogens with zero attached hydrogens (tertiary/aromatic N) is 4. The standard InChI is InChI=1S/C82H118N4O6/c1-51(2)31-25-33-53(5)35-27-37-55(7)39-29-47-81(19)49-45-67-61(13)75(57(9)59(11)77(67)91-81)89-79(87)73-63(15)83-69-41-21-23-43-71(69)85-65(17)74(66(18)86-72-44-24-22-42-70(72)84-64(73)16)80(88)90-76-58(10)60(12)78-68(62(76)14)46-50-82(20,92-78)48-30-40-56(8)38-28-36-54(6)34-26-32-52(3)4/h21-24,41-44,51-56H,25-40,45-50H2,1-20H3. The summed E-state index contributed by atoms with van der Waals surface area (Å²) in [6.45, 7) is 43.1. The van der Waals surface area contributed by atoms with Crippen molar-refractivity contribution in [3.8, 4) is 23.0 Å². The molecule has 0 bridgehead atoms. The summed E-state index contributed by atoms with van der Waals surface area (Å²) in [6.07, 6.45) is 26.1. The van der Waals surface area contributed by atoms with Crippen LogP contribution in [0.1, 0.15) is 286 Å². The van der Waals surface area contributed by atoms with E-state index in [0.29, 0.717) is 68.2 Å². The van der Waals surface area contributed by atoms with Crippen LogP contribution in [-0.2, 0) is 12.8 Å². The van der Waals surface area contributed by atoms with Gasteiger partial charge in [0.05, 0.1) is 44.8 Å². The van der Waals surface area contributed by atoms with Gasteiger partial charge in [-0.25, -0.2) is 9.59 Å². The van der Waals surface area contributed by atoms with Crippen LogP contribution in [0.25, 0.3) is 22.1 Å². The highest BCUT2D eigenvalue weighted by Crippen LogP contribution is 2.47. The van der Waals surface area contributed by atoms with E-state index in [4.69, 9.17) is 38.9 Å². The van der Waals surface area contributed by atoms with Crippen LogP contribution >= 0.6 is 0 Å². The SMILES string of the molecule is Cc1nc2ccccc2nc(C)c(C(=O)Oc2c(C)c(C)c3c(c2C)CCC(C)(CCCC(C)CCCC(C)CCCC(C)C)O3)c(C)nc2ccccc2nc(C)c1C(=O)Oc1c(C)c(C)c2c(c1C)CCC(C)(CCCC(C)CCCC(C)CCCC(C)C)O2. The lowest BCUT2D eigenvalue weighted by molar-refractivity contribution is 0.0506. The fraction of sp³-hybridized carbons (Fsp3) is 0.610. The van der Waals surface area contributed by atoms with Gasteiger partial charge in [0.2, 0.25) is 0 Å². The second-order valence-electron chi connectivity index (χ2n) is 30.1. The first-order valence-corrected chi connectivity index (χ1v) is 35.8. The third-order valence-electron chi connectivity index (χ3n) is 20.8. The van der Waals surface area contributed by atoms with E-state index in [9.17, 15) is 0 Å². The number of para-hydroxylation sites is 4. The largest absolute Gasteiger partial charge is 0.487 e. The lowest BCUT2D eigenvalue weighted by Gasteiger charge is -2.38. The van der Waals surface area contributed by atoms with Crippen LogP contribution in [0.5, 0.6) is 23.0 Å². The predicted molar refractivity (Wildman–Crippen MR) is 382 cm³/mol. The minimum atomic E-state index is -0.573. The molecule has 2 aliphatic heterocycles. The number of esters is 2. The number of ether oxygens (including phenoxy) is 4. The first-order valence-electron chi connectivity index (χ1n) is 35.8. The Kier molecular flexibility index (Phi) is 26.5. The van der Waals surface area contributed by atoms with E-state index >= 15 is 9.59 Å². The van der Waals surface area contributed by atoms with Crippen LogP contribution in [0.3, 0.4) is 0 Å². The van der Waals surface area contributed by atoms with E-state index in [0.717, 1.165) is 131 Å². The zero-order valence-electron chi connectivity index (χ0n) is 60.9. The molecule has 502 valence electrons. The van der Waals surface area contributed by atoms with E-state index in [2.05, 4.69) is 83.1 Å². The van der Waals surface area contributed by atoms with Gasteiger partial charge in [-0.05, 0) is 228 Å². The minimum Gasteiger partial charge on any atom is -0.487 e. The van der Waals surface area contributed by atoms with Gasteiger partial charge >= 0.3 is 11.9 Å². The van der Waals surface area contributed by atoms with Gasteiger partial charge in [-0.2, -0.15) is 0 Å². The third-order valence-corrected chi connectivity index (χ3v) is 20.8. The monoisotopic (exact) mass is 1250 g/mol. The van der Waals surface area contributed by atoms with Crippen molar-refractivity contribution in [3.63, 3.8) is 0 Å². The number of carbonyl (C=O) groups excluding carboxylic acids is 2. The highest BCUT2D eigenvalue weighted by atomic mass is 16.5. The van der Waals surface area contributed by atoms with Gasteiger partial charge < -0.3 is 18.9 Å². The van der Waals surface area contributed by atoms with Gasteiger partial charge in [-0.3, -0.25) is 19.9 Å². The molecule has 5 aromatic rings. The molecule has 0 fully saturated rings. The van der Waals surface area contributed by atoms with Gasteiger partial charge in [0.25, 0.3) is 0 Å². The lowest BCUT2D eigenvalue weighted by atomic mass is 9.83. The van der Waals surface area contributed by atoms with Gasteiger partial charge in [-0.15, -0.1) is 0 Å². The van der Waals surface area contributed by atoms with Crippen molar-refractivity contribution < 1.29 is 28.5 Å². The van der Waals surface area contributed by atoms with Gasteiger partial charge in [0.15, 0.2) is 0 Å². The molecule has 92 heavy (non-hydrogen) atoms. The molecule has 0 saturated carbocycles. The second-order valence-corrected chi connectivity index (χ2v) is 30.1. The van der Waals surface area contributed by atoms with Crippen molar-refractivity contribution in [2.75, 3.05) is 0 Å². The maximum atomic E-state index is 15.1. The van der Waals surface area contributed by atoms with Crippen LogP contribution < -0.4 is 18.9 Å². The maximum absolute atomic E-state index is 15.1. The Morgan fingerprint density at radius 2 is 0.674 bits per heavy atom. The molecule has 0 radical (unpaired) electrons. The van der Waals surface area contributed by atoms with E-state index in [1.807, 2.05) is 76.2 Å². The van der Waals surface area contributed by atoms with Crippen molar-refractivity contribution >= 4 is 34.0 Å². The zero-order valence-corrected chi connectivity index (χ0v) is 60.9. The summed E-state index contributed by atoms with van der Waals surface area (Å²) in [5, 5.41) is 0.